The summed E-state index contributed by atoms with van der Waals surface area (Å²) in [5.74, 6) is 0.189. The number of hydrogen-bond donors (Lipinski definition) is 0. The summed E-state index contributed by atoms with van der Waals surface area (Å²) < 4.78 is 15.8. The summed E-state index contributed by atoms with van der Waals surface area (Å²) in [6.45, 7) is 3.83. The average Bonchev–Trinajstić information content (AvgIpc) is 2.89. The Balaban J connectivity index is 2.30. The highest BCUT2D eigenvalue weighted by atomic mass is 16.6. The molecule has 0 N–H and O–H groups in total. The van der Waals surface area contributed by atoms with Crippen LogP contribution in [0.25, 0.3) is 0 Å². The predicted octanol–water partition coefficient (Wildman–Crippen LogP) is 8.36. The molecule has 0 spiro atoms. The van der Waals surface area contributed by atoms with E-state index in [0.717, 1.165) is 25.7 Å². The average molecular weight is 514 g/mol. The second kappa shape index (κ2) is 19.8. The molecule has 0 heterocycles. The van der Waals surface area contributed by atoms with Gasteiger partial charge in [0.2, 0.25) is 0 Å². The monoisotopic (exact) mass is 513 g/mol. The van der Waals surface area contributed by atoms with Gasteiger partial charge in [0.05, 0.1) is 30.8 Å². The maximum absolute atomic E-state index is 12.3. The molecule has 0 aliphatic carbocycles. The molecule has 1 aromatic carbocycles. The van der Waals surface area contributed by atoms with Gasteiger partial charge in [0.1, 0.15) is 6.10 Å². The number of unbranched alkanes of at least 4 members (excludes halogenated alkanes) is 4. The summed E-state index contributed by atoms with van der Waals surface area (Å²) in [4.78, 5) is 23.2. The molecule has 1 aromatic rings. The molecule has 0 amide bonds. The number of carbonyl (C=O) groups excluding carboxylic acids is 1. The number of methoxy groups -OCH3 is 2. The maximum Gasteiger partial charge on any atom is 0.306 e. The van der Waals surface area contributed by atoms with Crippen LogP contribution in [0.3, 0.4) is 0 Å². The third-order valence-corrected chi connectivity index (χ3v) is 5.68. The van der Waals surface area contributed by atoms with E-state index < -0.39 is 17.0 Å². The molecule has 0 fully saturated rings. The molecule has 7 heteroatoms. The fourth-order valence-corrected chi connectivity index (χ4v) is 3.61. The van der Waals surface area contributed by atoms with Crippen LogP contribution in [0.1, 0.15) is 89.7 Å². The lowest BCUT2D eigenvalue weighted by Gasteiger charge is -2.16. The molecule has 1 rings (SSSR count). The van der Waals surface area contributed by atoms with E-state index >= 15 is 0 Å². The minimum absolute atomic E-state index is 0.181. The topological polar surface area (TPSA) is 87.9 Å². The second-order valence-corrected chi connectivity index (χ2v) is 8.64. The number of esters is 1. The standard InChI is InChI=1S/C30H43NO6/c1-5-6-7-8-9-10-11-12-13-14-15-16-17-18-19-20-21-22-30(32)37-25(2)26-23-28(35-3)29(36-4)24-27(26)31(33)34/h9-10,12-13,15-16,18-19,23-25H,5-8,11,14,17,20-22H2,1-4H3/b10-9-,13-12-,16-15-,19-18-/t25-/m1/s1. The van der Waals surface area contributed by atoms with E-state index in [2.05, 4.69) is 55.5 Å². The first kappa shape index (κ1) is 31.7. The van der Waals surface area contributed by atoms with Gasteiger partial charge >= 0.3 is 5.97 Å². The summed E-state index contributed by atoms with van der Waals surface area (Å²) in [7, 11) is 2.85. The molecular weight excluding hydrogens is 470 g/mol. The van der Waals surface area contributed by atoms with Crippen molar-refractivity contribution in [2.24, 2.45) is 0 Å². The number of nitro benzene ring substituents is 1. The number of allylic oxidation sites excluding steroid dienone is 8. The van der Waals surface area contributed by atoms with Crippen molar-refractivity contribution < 1.29 is 23.9 Å². The lowest BCUT2D eigenvalue weighted by molar-refractivity contribution is -0.386. The van der Waals surface area contributed by atoms with Gasteiger partial charge in [0.15, 0.2) is 11.5 Å². The van der Waals surface area contributed by atoms with Crippen LogP contribution >= 0.6 is 0 Å². The number of rotatable bonds is 19. The minimum Gasteiger partial charge on any atom is -0.493 e. The molecule has 0 radical (unpaired) electrons. The molecule has 0 bridgehead atoms. The zero-order valence-corrected chi connectivity index (χ0v) is 22.8. The maximum atomic E-state index is 12.3. The Labute approximate surface area is 222 Å². The highest BCUT2D eigenvalue weighted by Gasteiger charge is 2.25. The lowest BCUT2D eigenvalue weighted by Crippen LogP contribution is -2.11. The highest BCUT2D eigenvalue weighted by Crippen LogP contribution is 2.38. The Morgan fingerprint density at radius 1 is 0.865 bits per heavy atom. The van der Waals surface area contributed by atoms with Gasteiger partial charge in [0, 0.05) is 6.42 Å². The van der Waals surface area contributed by atoms with Crippen molar-refractivity contribution >= 4 is 11.7 Å². The number of hydrogen-bond acceptors (Lipinski definition) is 6. The van der Waals surface area contributed by atoms with Crippen LogP contribution in [0.5, 0.6) is 11.5 Å². The van der Waals surface area contributed by atoms with E-state index in [1.807, 2.05) is 0 Å². The van der Waals surface area contributed by atoms with Gasteiger partial charge in [-0.1, -0.05) is 68.4 Å². The zero-order chi connectivity index (χ0) is 27.3. The van der Waals surface area contributed by atoms with Crippen LogP contribution in [0.2, 0.25) is 0 Å². The molecule has 0 saturated heterocycles. The summed E-state index contributed by atoms with van der Waals surface area (Å²) in [6.07, 6.45) is 26.0. The summed E-state index contributed by atoms with van der Waals surface area (Å²) >= 11 is 0. The fraction of sp³-hybridized carbons (Fsp3) is 0.500. The first-order chi connectivity index (χ1) is 17.9. The van der Waals surface area contributed by atoms with Crippen molar-refractivity contribution in [3.05, 3.63) is 76.4 Å². The molecule has 37 heavy (non-hydrogen) atoms. The Kier molecular flexibility index (Phi) is 16.9. The van der Waals surface area contributed by atoms with E-state index in [1.54, 1.807) is 6.92 Å². The second-order valence-electron chi connectivity index (χ2n) is 8.64. The Morgan fingerprint density at radius 2 is 1.38 bits per heavy atom. The first-order valence-corrected chi connectivity index (χ1v) is 13.1. The zero-order valence-electron chi connectivity index (χ0n) is 22.8. The molecule has 0 aromatic heterocycles. The minimum atomic E-state index is -0.788. The number of ether oxygens (including phenoxy) is 3. The Morgan fingerprint density at radius 3 is 1.89 bits per heavy atom. The Hall–Kier alpha value is -3.35. The fourth-order valence-electron chi connectivity index (χ4n) is 3.61. The van der Waals surface area contributed by atoms with Crippen LogP contribution in [0.4, 0.5) is 5.69 Å². The van der Waals surface area contributed by atoms with Gasteiger partial charge in [-0.3, -0.25) is 14.9 Å². The lowest BCUT2D eigenvalue weighted by atomic mass is 10.1. The molecular formula is C30H43NO6. The molecule has 7 nitrogen and oxygen atoms in total. The van der Waals surface area contributed by atoms with Gasteiger partial charge in [-0.15, -0.1) is 0 Å². The van der Waals surface area contributed by atoms with Gasteiger partial charge in [0.25, 0.3) is 5.69 Å². The quantitative estimate of drug-likeness (QED) is 0.0607. The van der Waals surface area contributed by atoms with Crippen LogP contribution in [-0.4, -0.2) is 25.1 Å². The van der Waals surface area contributed by atoms with Crippen LogP contribution in [0, 0.1) is 10.1 Å². The largest absolute Gasteiger partial charge is 0.493 e. The third kappa shape index (κ3) is 13.5. The van der Waals surface area contributed by atoms with Crippen LogP contribution < -0.4 is 9.47 Å². The summed E-state index contributed by atoms with van der Waals surface area (Å²) in [5, 5.41) is 11.5. The summed E-state index contributed by atoms with van der Waals surface area (Å²) in [5.41, 5.74) is 0.0791. The van der Waals surface area contributed by atoms with Crippen molar-refractivity contribution in [1.82, 2.24) is 0 Å². The van der Waals surface area contributed by atoms with Gasteiger partial charge in [-0.2, -0.15) is 0 Å². The number of carbonyl (C=O) groups is 1. The van der Waals surface area contributed by atoms with Crippen molar-refractivity contribution in [1.29, 1.82) is 0 Å². The van der Waals surface area contributed by atoms with Crippen molar-refractivity contribution in [2.75, 3.05) is 14.2 Å². The number of benzene rings is 1. The SMILES string of the molecule is CCCCC/C=C\C/C=C\C/C=C\C/C=C\CCCC(=O)O[C@H](C)c1cc(OC)c(OC)cc1[N+](=O)[O-]. The van der Waals surface area contributed by atoms with E-state index in [-0.39, 0.29) is 23.4 Å². The van der Waals surface area contributed by atoms with Crippen LogP contribution in [-0.2, 0) is 9.53 Å². The highest BCUT2D eigenvalue weighted by molar-refractivity contribution is 5.70. The van der Waals surface area contributed by atoms with Gasteiger partial charge in [-0.05, 0) is 57.9 Å². The molecule has 0 aliphatic rings. The molecule has 0 aliphatic heterocycles. The number of nitro groups is 1. The van der Waals surface area contributed by atoms with Gasteiger partial charge in [-0.25, -0.2) is 0 Å². The number of nitrogens with zero attached hydrogens (tertiary/aromatic N) is 1. The smallest absolute Gasteiger partial charge is 0.306 e. The van der Waals surface area contributed by atoms with Crippen molar-refractivity contribution in [3.8, 4) is 11.5 Å². The van der Waals surface area contributed by atoms with E-state index in [9.17, 15) is 14.9 Å². The third-order valence-electron chi connectivity index (χ3n) is 5.68. The molecule has 0 unspecified atom stereocenters. The first-order valence-electron chi connectivity index (χ1n) is 13.1. The summed E-state index contributed by atoms with van der Waals surface area (Å²) in [6, 6.07) is 2.76. The molecule has 1 atom stereocenters. The van der Waals surface area contributed by atoms with E-state index in [4.69, 9.17) is 14.2 Å². The van der Waals surface area contributed by atoms with Crippen molar-refractivity contribution in [2.45, 2.75) is 84.2 Å². The molecule has 204 valence electrons. The Bertz CT molecular complexity index is 932. The normalized spacial score (nSPS) is 12.6. The van der Waals surface area contributed by atoms with E-state index in [1.165, 1.54) is 52.0 Å². The molecule has 0 saturated carbocycles. The van der Waals surface area contributed by atoms with Crippen molar-refractivity contribution in [3.63, 3.8) is 0 Å². The predicted molar refractivity (Wildman–Crippen MR) is 149 cm³/mol. The van der Waals surface area contributed by atoms with E-state index in [0.29, 0.717) is 12.2 Å². The van der Waals surface area contributed by atoms with Crippen LogP contribution in [0.15, 0.2) is 60.7 Å². The van der Waals surface area contributed by atoms with Gasteiger partial charge < -0.3 is 14.2 Å².